The van der Waals surface area contributed by atoms with Crippen molar-refractivity contribution in [3.8, 4) is 17.2 Å². The summed E-state index contributed by atoms with van der Waals surface area (Å²) in [4.78, 5) is 47.6. The minimum absolute atomic E-state index is 0.0163. The Labute approximate surface area is 218 Å². The molecule has 1 aliphatic heterocycles. The van der Waals surface area contributed by atoms with Gasteiger partial charge in [0.2, 0.25) is 5.75 Å². The predicted octanol–water partition coefficient (Wildman–Crippen LogP) is 6.19. The summed E-state index contributed by atoms with van der Waals surface area (Å²) in [6, 6.07) is 14.5. The van der Waals surface area contributed by atoms with E-state index >= 15 is 0 Å². The van der Waals surface area contributed by atoms with Crippen LogP contribution in [0.5, 0.6) is 17.2 Å². The largest absolute Gasteiger partial charge is 0.493 e. The number of non-ortho nitro benzene ring substituents is 1. The van der Waals surface area contributed by atoms with Crippen molar-refractivity contribution in [1.82, 2.24) is 4.90 Å². The van der Waals surface area contributed by atoms with Crippen LogP contribution in [0.2, 0.25) is 5.02 Å². The average molecular weight is 542 g/mol. The molecule has 0 bridgehead atoms. The van der Waals surface area contributed by atoms with E-state index in [1.807, 2.05) is 0 Å². The first kappa shape index (κ1) is 25.7. The second-order valence-corrected chi connectivity index (χ2v) is 8.94. The third-order valence-electron chi connectivity index (χ3n) is 5.22. The molecular weight excluding hydrogens is 526 g/mol. The Morgan fingerprint density at radius 2 is 1.70 bits per heavy atom. The number of nitro groups is 2. The fourth-order valence-corrected chi connectivity index (χ4v) is 4.45. The van der Waals surface area contributed by atoms with E-state index < -0.39 is 32.4 Å². The quantitative estimate of drug-likeness (QED) is 0.185. The van der Waals surface area contributed by atoms with E-state index in [1.54, 1.807) is 30.3 Å². The first-order valence-corrected chi connectivity index (χ1v) is 11.6. The number of amides is 2. The number of nitro benzene ring substituents is 2. The number of carbonyl (C=O) groups excluding carboxylic acids is 2. The van der Waals surface area contributed by atoms with E-state index in [4.69, 9.17) is 21.1 Å². The van der Waals surface area contributed by atoms with Crippen LogP contribution in [-0.2, 0) is 11.3 Å². The molecule has 2 amide bonds. The Hall–Kier alpha value is -4.42. The lowest BCUT2D eigenvalue weighted by atomic mass is 10.1. The average Bonchev–Trinajstić information content (AvgIpc) is 3.12. The van der Waals surface area contributed by atoms with Crippen LogP contribution >= 0.6 is 23.4 Å². The summed E-state index contributed by atoms with van der Waals surface area (Å²) in [6.07, 6.45) is 1.48. The summed E-state index contributed by atoms with van der Waals surface area (Å²) < 4.78 is 11.0. The molecule has 3 aromatic carbocycles. The number of benzene rings is 3. The molecule has 0 spiro atoms. The molecule has 37 heavy (non-hydrogen) atoms. The van der Waals surface area contributed by atoms with E-state index in [2.05, 4.69) is 0 Å². The molecule has 1 saturated heterocycles. The highest BCUT2D eigenvalue weighted by Gasteiger charge is 2.35. The molecule has 0 radical (unpaired) electrons. The Kier molecular flexibility index (Phi) is 7.41. The SMILES string of the molecule is COc1ccc(/C=C2\SC(=O)N(Cc3ccccc3Cl)C2=O)cc1Oc1ccc([N+](=O)[O-])cc1[N+](=O)[O-]. The van der Waals surface area contributed by atoms with Gasteiger partial charge in [-0.1, -0.05) is 35.9 Å². The third-order valence-corrected chi connectivity index (χ3v) is 6.49. The summed E-state index contributed by atoms with van der Waals surface area (Å²) in [5, 5.41) is 22.4. The molecule has 0 unspecified atom stereocenters. The van der Waals surface area contributed by atoms with Gasteiger partial charge in [-0.05, 0) is 53.2 Å². The molecule has 1 aliphatic rings. The number of imide groups is 1. The standard InChI is InChI=1S/C24H16ClN3O8S/c1-35-20-8-6-14(10-21(20)36-19-9-7-16(27(31)32)12-18(19)28(33)34)11-22-23(29)26(24(30)37-22)13-15-4-2-3-5-17(15)25/h2-12H,13H2,1H3/b22-11-. The maximum atomic E-state index is 12.9. The number of halogens is 1. The van der Waals surface area contributed by atoms with Gasteiger partial charge in [0.15, 0.2) is 11.5 Å². The molecule has 0 atom stereocenters. The van der Waals surface area contributed by atoms with Gasteiger partial charge in [-0.3, -0.25) is 34.7 Å². The molecule has 3 aromatic rings. The van der Waals surface area contributed by atoms with Crippen LogP contribution in [0.3, 0.4) is 0 Å². The molecule has 0 aliphatic carbocycles. The van der Waals surface area contributed by atoms with Crippen LogP contribution in [-0.4, -0.2) is 33.0 Å². The summed E-state index contributed by atoms with van der Waals surface area (Å²) in [5.74, 6) is -0.467. The number of thioether (sulfide) groups is 1. The number of nitrogens with zero attached hydrogens (tertiary/aromatic N) is 3. The zero-order valence-corrected chi connectivity index (χ0v) is 20.5. The molecule has 188 valence electrons. The van der Waals surface area contributed by atoms with Crippen molar-refractivity contribution in [3.63, 3.8) is 0 Å². The molecule has 0 aromatic heterocycles. The van der Waals surface area contributed by atoms with Crippen molar-refractivity contribution in [3.05, 3.63) is 102 Å². The fraction of sp³-hybridized carbons (Fsp3) is 0.0833. The third kappa shape index (κ3) is 5.55. The van der Waals surface area contributed by atoms with E-state index in [1.165, 1.54) is 25.3 Å². The topological polar surface area (TPSA) is 142 Å². The summed E-state index contributed by atoms with van der Waals surface area (Å²) in [6.45, 7) is 0.0163. The maximum Gasteiger partial charge on any atom is 0.318 e. The number of carbonyl (C=O) groups is 2. The monoisotopic (exact) mass is 541 g/mol. The molecule has 11 nitrogen and oxygen atoms in total. The lowest BCUT2D eigenvalue weighted by Crippen LogP contribution is -2.27. The molecule has 1 fully saturated rings. The highest BCUT2D eigenvalue weighted by atomic mass is 35.5. The van der Waals surface area contributed by atoms with Gasteiger partial charge < -0.3 is 9.47 Å². The second kappa shape index (κ2) is 10.7. The smallest absolute Gasteiger partial charge is 0.318 e. The molecule has 4 rings (SSSR count). The minimum Gasteiger partial charge on any atom is -0.493 e. The Morgan fingerprint density at radius 3 is 2.38 bits per heavy atom. The van der Waals surface area contributed by atoms with Gasteiger partial charge in [0.1, 0.15) is 0 Å². The second-order valence-electron chi connectivity index (χ2n) is 7.54. The minimum atomic E-state index is -0.798. The molecular formula is C24H16ClN3O8S. The van der Waals surface area contributed by atoms with Crippen LogP contribution in [0, 0.1) is 20.2 Å². The van der Waals surface area contributed by atoms with Crippen LogP contribution in [0.1, 0.15) is 11.1 Å². The van der Waals surface area contributed by atoms with Gasteiger partial charge in [-0.2, -0.15) is 0 Å². The van der Waals surface area contributed by atoms with E-state index in [0.717, 1.165) is 34.9 Å². The molecule has 1 heterocycles. The number of methoxy groups -OCH3 is 1. The van der Waals surface area contributed by atoms with Gasteiger partial charge in [0.05, 0.1) is 34.5 Å². The summed E-state index contributed by atoms with van der Waals surface area (Å²) in [7, 11) is 1.37. The molecule has 13 heteroatoms. The maximum absolute atomic E-state index is 12.9. The fourth-order valence-electron chi connectivity index (χ4n) is 3.41. The van der Waals surface area contributed by atoms with E-state index in [0.29, 0.717) is 16.1 Å². The van der Waals surface area contributed by atoms with Crippen molar-refractivity contribution in [1.29, 1.82) is 0 Å². The Bertz CT molecular complexity index is 1480. The highest BCUT2D eigenvalue weighted by molar-refractivity contribution is 8.18. The van der Waals surface area contributed by atoms with Crippen molar-refractivity contribution in [2.75, 3.05) is 7.11 Å². The van der Waals surface area contributed by atoms with Gasteiger partial charge in [-0.15, -0.1) is 0 Å². The van der Waals surface area contributed by atoms with Crippen LogP contribution in [0.25, 0.3) is 6.08 Å². The predicted molar refractivity (Wildman–Crippen MR) is 136 cm³/mol. The molecule has 0 saturated carbocycles. The highest BCUT2D eigenvalue weighted by Crippen LogP contribution is 2.40. The Morgan fingerprint density at radius 1 is 0.973 bits per heavy atom. The molecule has 0 N–H and O–H groups in total. The van der Waals surface area contributed by atoms with Crippen LogP contribution < -0.4 is 9.47 Å². The van der Waals surface area contributed by atoms with Gasteiger partial charge in [0, 0.05) is 11.1 Å². The lowest BCUT2D eigenvalue weighted by Gasteiger charge is -2.13. The number of hydrogen-bond acceptors (Lipinski definition) is 9. The summed E-state index contributed by atoms with van der Waals surface area (Å²) >= 11 is 6.92. The number of hydrogen-bond donors (Lipinski definition) is 0. The normalized spacial score (nSPS) is 14.2. The van der Waals surface area contributed by atoms with Gasteiger partial charge in [-0.25, -0.2) is 0 Å². The van der Waals surface area contributed by atoms with Crippen molar-refractivity contribution >= 4 is 52.0 Å². The first-order chi connectivity index (χ1) is 17.7. The zero-order chi connectivity index (χ0) is 26.7. The van der Waals surface area contributed by atoms with Crippen molar-refractivity contribution in [2.45, 2.75) is 6.54 Å². The zero-order valence-electron chi connectivity index (χ0n) is 19.0. The van der Waals surface area contributed by atoms with E-state index in [-0.39, 0.29) is 28.7 Å². The van der Waals surface area contributed by atoms with Gasteiger partial charge >= 0.3 is 5.69 Å². The van der Waals surface area contributed by atoms with Crippen molar-refractivity contribution < 1.29 is 28.9 Å². The first-order valence-electron chi connectivity index (χ1n) is 10.5. The number of ether oxygens (including phenoxy) is 2. The Balaban J connectivity index is 1.63. The van der Waals surface area contributed by atoms with Crippen LogP contribution in [0.4, 0.5) is 16.2 Å². The van der Waals surface area contributed by atoms with E-state index in [9.17, 15) is 29.8 Å². The summed E-state index contributed by atoms with van der Waals surface area (Å²) in [5.41, 5.74) is -0.00391. The van der Waals surface area contributed by atoms with Crippen LogP contribution in [0.15, 0.2) is 65.6 Å². The lowest BCUT2D eigenvalue weighted by molar-refractivity contribution is -0.394. The van der Waals surface area contributed by atoms with Crippen molar-refractivity contribution in [2.24, 2.45) is 0 Å². The number of rotatable bonds is 8. The van der Waals surface area contributed by atoms with Gasteiger partial charge in [0.25, 0.3) is 16.8 Å².